The summed E-state index contributed by atoms with van der Waals surface area (Å²) in [4.78, 5) is 19.4. The van der Waals surface area contributed by atoms with Gasteiger partial charge in [-0.25, -0.2) is 4.98 Å². The van der Waals surface area contributed by atoms with Crippen LogP contribution in [-0.4, -0.2) is 39.8 Å². The number of fused-ring (bicyclic) bond motifs is 1. The van der Waals surface area contributed by atoms with E-state index in [4.69, 9.17) is 0 Å². The molecule has 1 aromatic carbocycles. The molecule has 26 heavy (non-hydrogen) atoms. The predicted molar refractivity (Wildman–Crippen MR) is 102 cm³/mol. The summed E-state index contributed by atoms with van der Waals surface area (Å²) >= 11 is 0. The second-order valence-electron chi connectivity index (χ2n) is 6.85. The number of imidazole rings is 1. The highest BCUT2D eigenvalue weighted by atomic mass is 16.1. The highest BCUT2D eigenvalue weighted by molar-refractivity contribution is 5.78. The number of aromatic nitrogens is 2. The number of hydrogen-bond acceptors (Lipinski definition) is 3. The molecule has 1 aliphatic rings. The Morgan fingerprint density at radius 2 is 1.85 bits per heavy atom. The van der Waals surface area contributed by atoms with Gasteiger partial charge in [0.1, 0.15) is 5.65 Å². The van der Waals surface area contributed by atoms with Crippen LogP contribution in [0.5, 0.6) is 0 Å². The van der Waals surface area contributed by atoms with E-state index in [-0.39, 0.29) is 11.9 Å². The van der Waals surface area contributed by atoms with Crippen LogP contribution in [0.3, 0.4) is 0 Å². The van der Waals surface area contributed by atoms with Crippen molar-refractivity contribution in [3.05, 3.63) is 72.2 Å². The van der Waals surface area contributed by atoms with E-state index in [0.717, 1.165) is 24.4 Å². The molecule has 3 heterocycles. The van der Waals surface area contributed by atoms with Crippen LogP contribution in [-0.2, 0) is 11.2 Å². The molecule has 5 nitrogen and oxygen atoms in total. The standard InChI is InChI=1S/C21H24N4O/c26-21(14-18-16-25-13-5-4-10-20(25)23-18)22-15-19(24-11-6-7-12-24)17-8-2-1-3-9-17/h1-5,8-10,13,16,19H,6-7,11-12,14-15H2,(H,22,26). The van der Waals surface area contributed by atoms with E-state index in [9.17, 15) is 4.79 Å². The fourth-order valence-corrected chi connectivity index (χ4v) is 3.70. The summed E-state index contributed by atoms with van der Waals surface area (Å²) in [5, 5.41) is 3.12. The molecule has 3 aromatic rings. The van der Waals surface area contributed by atoms with Crippen LogP contribution in [0.1, 0.15) is 30.1 Å². The van der Waals surface area contributed by atoms with E-state index in [1.54, 1.807) is 0 Å². The molecular formula is C21H24N4O. The van der Waals surface area contributed by atoms with Crippen LogP contribution < -0.4 is 5.32 Å². The van der Waals surface area contributed by atoms with Crippen LogP contribution in [0.25, 0.3) is 5.65 Å². The third-order valence-electron chi connectivity index (χ3n) is 5.01. The van der Waals surface area contributed by atoms with Gasteiger partial charge in [0, 0.05) is 18.9 Å². The average Bonchev–Trinajstić information content (AvgIpc) is 3.32. The lowest BCUT2D eigenvalue weighted by molar-refractivity contribution is -0.120. The Balaban J connectivity index is 1.40. The van der Waals surface area contributed by atoms with E-state index in [0.29, 0.717) is 13.0 Å². The van der Waals surface area contributed by atoms with Crippen molar-refractivity contribution < 1.29 is 4.79 Å². The van der Waals surface area contributed by atoms with Gasteiger partial charge in [0.2, 0.25) is 5.91 Å². The fraction of sp³-hybridized carbons (Fsp3) is 0.333. The first-order valence-corrected chi connectivity index (χ1v) is 9.28. The van der Waals surface area contributed by atoms with Gasteiger partial charge < -0.3 is 9.72 Å². The Hall–Kier alpha value is -2.66. The first-order valence-electron chi connectivity index (χ1n) is 9.28. The van der Waals surface area contributed by atoms with E-state index in [2.05, 4.69) is 39.5 Å². The second-order valence-corrected chi connectivity index (χ2v) is 6.85. The number of pyridine rings is 1. The Bertz CT molecular complexity index is 835. The molecule has 1 atom stereocenters. The largest absolute Gasteiger partial charge is 0.354 e. The lowest BCUT2D eigenvalue weighted by atomic mass is 10.1. The topological polar surface area (TPSA) is 49.6 Å². The maximum atomic E-state index is 12.5. The minimum absolute atomic E-state index is 0.0218. The Morgan fingerprint density at radius 3 is 2.62 bits per heavy atom. The Labute approximate surface area is 153 Å². The van der Waals surface area contributed by atoms with Gasteiger partial charge in [-0.15, -0.1) is 0 Å². The Kier molecular flexibility index (Phi) is 4.97. The first kappa shape index (κ1) is 16.8. The Morgan fingerprint density at radius 1 is 1.08 bits per heavy atom. The second kappa shape index (κ2) is 7.70. The van der Waals surface area contributed by atoms with Gasteiger partial charge in [0.15, 0.2) is 0 Å². The first-order chi connectivity index (χ1) is 12.8. The molecule has 2 aromatic heterocycles. The van der Waals surface area contributed by atoms with Crippen LogP contribution in [0.15, 0.2) is 60.9 Å². The predicted octanol–water partition coefficient (Wildman–Crippen LogP) is 2.83. The summed E-state index contributed by atoms with van der Waals surface area (Å²) in [6.45, 7) is 2.83. The van der Waals surface area contributed by atoms with Crippen LogP contribution >= 0.6 is 0 Å². The molecular weight excluding hydrogens is 324 g/mol. The molecule has 5 heteroatoms. The monoisotopic (exact) mass is 348 g/mol. The molecule has 1 amide bonds. The SMILES string of the molecule is O=C(Cc1cn2ccccc2n1)NCC(c1ccccc1)N1CCCC1. The van der Waals surface area contributed by atoms with Crippen molar-refractivity contribution >= 4 is 11.6 Å². The number of carbonyl (C=O) groups excluding carboxylic acids is 1. The van der Waals surface area contributed by atoms with E-state index < -0.39 is 0 Å². The van der Waals surface area contributed by atoms with Gasteiger partial charge in [-0.3, -0.25) is 9.69 Å². The van der Waals surface area contributed by atoms with Crippen molar-refractivity contribution in [1.82, 2.24) is 19.6 Å². The van der Waals surface area contributed by atoms with Crippen molar-refractivity contribution in [2.45, 2.75) is 25.3 Å². The van der Waals surface area contributed by atoms with Gasteiger partial charge in [-0.05, 0) is 43.6 Å². The summed E-state index contributed by atoms with van der Waals surface area (Å²) in [6.07, 6.45) is 6.65. The summed E-state index contributed by atoms with van der Waals surface area (Å²) in [7, 11) is 0. The van der Waals surface area contributed by atoms with Gasteiger partial charge in [-0.2, -0.15) is 0 Å². The zero-order valence-corrected chi connectivity index (χ0v) is 14.8. The van der Waals surface area contributed by atoms with Crippen molar-refractivity contribution in [1.29, 1.82) is 0 Å². The van der Waals surface area contributed by atoms with E-state index >= 15 is 0 Å². The maximum Gasteiger partial charge on any atom is 0.226 e. The third kappa shape index (κ3) is 3.78. The van der Waals surface area contributed by atoms with Gasteiger partial charge >= 0.3 is 0 Å². The zero-order valence-electron chi connectivity index (χ0n) is 14.8. The van der Waals surface area contributed by atoms with Crippen LogP contribution in [0.2, 0.25) is 0 Å². The summed E-state index contributed by atoms with van der Waals surface area (Å²) in [6, 6.07) is 16.6. The number of nitrogens with zero attached hydrogens (tertiary/aromatic N) is 3. The van der Waals surface area contributed by atoms with Gasteiger partial charge in [0.25, 0.3) is 0 Å². The zero-order chi connectivity index (χ0) is 17.8. The van der Waals surface area contributed by atoms with Crippen molar-refractivity contribution in [2.75, 3.05) is 19.6 Å². The van der Waals surface area contributed by atoms with Crippen LogP contribution in [0, 0.1) is 0 Å². The number of amides is 1. The summed E-state index contributed by atoms with van der Waals surface area (Å²) in [5.41, 5.74) is 2.93. The minimum Gasteiger partial charge on any atom is -0.354 e. The maximum absolute atomic E-state index is 12.5. The quantitative estimate of drug-likeness (QED) is 0.745. The van der Waals surface area contributed by atoms with Crippen LogP contribution in [0.4, 0.5) is 0 Å². The summed E-state index contributed by atoms with van der Waals surface area (Å²) in [5.74, 6) is 0.0218. The molecule has 1 aliphatic heterocycles. The number of nitrogens with one attached hydrogen (secondary N) is 1. The molecule has 0 spiro atoms. The normalized spacial score (nSPS) is 16.0. The number of carbonyl (C=O) groups is 1. The molecule has 0 aliphatic carbocycles. The molecule has 1 unspecified atom stereocenters. The van der Waals surface area contributed by atoms with Crippen molar-refractivity contribution in [2.24, 2.45) is 0 Å². The van der Waals surface area contributed by atoms with Crippen molar-refractivity contribution in [3.63, 3.8) is 0 Å². The smallest absolute Gasteiger partial charge is 0.226 e. The third-order valence-corrected chi connectivity index (χ3v) is 5.01. The molecule has 0 saturated carbocycles. The van der Waals surface area contributed by atoms with Gasteiger partial charge in [-0.1, -0.05) is 36.4 Å². The number of likely N-dealkylation sites (tertiary alicyclic amines) is 1. The van der Waals surface area contributed by atoms with Gasteiger partial charge in [0.05, 0.1) is 18.2 Å². The molecule has 1 N–H and O–H groups in total. The highest BCUT2D eigenvalue weighted by Gasteiger charge is 2.23. The number of hydrogen-bond donors (Lipinski definition) is 1. The molecule has 1 fully saturated rings. The minimum atomic E-state index is 0.0218. The number of rotatable bonds is 6. The lowest BCUT2D eigenvalue weighted by Crippen LogP contribution is -2.37. The fourth-order valence-electron chi connectivity index (χ4n) is 3.70. The highest BCUT2D eigenvalue weighted by Crippen LogP contribution is 2.24. The molecule has 0 bridgehead atoms. The molecule has 1 saturated heterocycles. The van der Waals surface area contributed by atoms with Crippen molar-refractivity contribution in [3.8, 4) is 0 Å². The van der Waals surface area contributed by atoms with E-state index in [1.165, 1.54) is 18.4 Å². The van der Waals surface area contributed by atoms with E-state index in [1.807, 2.05) is 41.1 Å². The lowest BCUT2D eigenvalue weighted by Gasteiger charge is -2.28. The molecule has 134 valence electrons. The number of benzene rings is 1. The average molecular weight is 348 g/mol. The molecule has 0 radical (unpaired) electrons. The molecule has 4 rings (SSSR count). The summed E-state index contributed by atoms with van der Waals surface area (Å²) < 4.78 is 1.94.